The van der Waals surface area contributed by atoms with Crippen LogP contribution in [-0.4, -0.2) is 50.0 Å². The summed E-state index contributed by atoms with van der Waals surface area (Å²) in [6, 6.07) is 20.1. The Balaban J connectivity index is 2.08. The van der Waals surface area contributed by atoms with Crippen molar-refractivity contribution in [3.8, 4) is 0 Å². The molecule has 0 aliphatic rings. The predicted octanol–water partition coefficient (Wildman–Crippen LogP) is 5.62. The van der Waals surface area contributed by atoms with Crippen LogP contribution in [0, 0.1) is 6.92 Å². The van der Waals surface area contributed by atoms with E-state index in [2.05, 4.69) is 5.32 Å². The van der Waals surface area contributed by atoms with E-state index in [1.807, 2.05) is 51.1 Å². The molecule has 3 aromatic rings. The van der Waals surface area contributed by atoms with Gasteiger partial charge in [0.25, 0.3) is 0 Å². The van der Waals surface area contributed by atoms with Crippen molar-refractivity contribution in [1.82, 2.24) is 10.2 Å². The average Bonchev–Trinajstić information content (AvgIpc) is 2.90. The highest BCUT2D eigenvalue weighted by Gasteiger charge is 2.33. The number of carbonyl (C=O) groups is 2. The number of hydrogen-bond donors (Lipinski definition) is 1. The second-order valence-corrected chi connectivity index (χ2v) is 12.6. The Morgan fingerprint density at radius 2 is 1.62 bits per heavy atom. The molecular formula is C30H35Cl2N3O4S. The van der Waals surface area contributed by atoms with Crippen molar-refractivity contribution in [2.75, 3.05) is 17.1 Å². The Morgan fingerprint density at radius 3 is 2.20 bits per heavy atom. The lowest BCUT2D eigenvalue weighted by Gasteiger charge is -2.34. The zero-order valence-corrected chi connectivity index (χ0v) is 25.4. The van der Waals surface area contributed by atoms with E-state index in [1.54, 1.807) is 42.5 Å². The number of rotatable bonds is 12. The van der Waals surface area contributed by atoms with Crippen molar-refractivity contribution >= 4 is 50.7 Å². The van der Waals surface area contributed by atoms with E-state index in [4.69, 9.17) is 23.2 Å². The maximum absolute atomic E-state index is 14.1. The molecule has 40 heavy (non-hydrogen) atoms. The van der Waals surface area contributed by atoms with E-state index in [-0.39, 0.29) is 24.9 Å². The molecule has 214 valence electrons. The third kappa shape index (κ3) is 8.71. The molecule has 0 aromatic heterocycles. The number of halogens is 2. The first-order valence-electron chi connectivity index (χ1n) is 13.0. The minimum Gasteiger partial charge on any atom is -0.352 e. The summed E-state index contributed by atoms with van der Waals surface area (Å²) in [4.78, 5) is 29.2. The number of carbonyl (C=O) groups excluding carboxylic acids is 2. The quantitative estimate of drug-likeness (QED) is 0.291. The molecular weight excluding hydrogens is 569 g/mol. The number of sulfonamides is 1. The van der Waals surface area contributed by atoms with Gasteiger partial charge in [-0.05, 0) is 55.7 Å². The van der Waals surface area contributed by atoms with Gasteiger partial charge in [-0.2, -0.15) is 0 Å². The van der Waals surface area contributed by atoms with Gasteiger partial charge in [-0.15, -0.1) is 0 Å². The van der Waals surface area contributed by atoms with Gasteiger partial charge in [-0.3, -0.25) is 13.9 Å². The zero-order valence-electron chi connectivity index (χ0n) is 23.1. The third-order valence-corrected chi connectivity index (χ3v) is 8.36. The highest BCUT2D eigenvalue weighted by molar-refractivity contribution is 7.92. The smallest absolute Gasteiger partial charge is 0.244 e. The lowest BCUT2D eigenvalue weighted by atomic mass is 10.0. The maximum atomic E-state index is 14.1. The summed E-state index contributed by atoms with van der Waals surface area (Å²) in [6.07, 6.45) is 1.98. The van der Waals surface area contributed by atoms with Crippen LogP contribution in [0.15, 0.2) is 72.8 Å². The second kappa shape index (κ2) is 14.0. The van der Waals surface area contributed by atoms with Crippen LogP contribution in [0.4, 0.5) is 5.69 Å². The van der Waals surface area contributed by atoms with E-state index >= 15 is 0 Å². The first-order chi connectivity index (χ1) is 18.9. The fraction of sp³-hybridized carbons (Fsp3) is 0.333. The molecule has 2 atom stereocenters. The van der Waals surface area contributed by atoms with Crippen LogP contribution in [0.3, 0.4) is 0 Å². The van der Waals surface area contributed by atoms with Gasteiger partial charge in [-0.25, -0.2) is 8.42 Å². The molecule has 0 saturated carbocycles. The van der Waals surface area contributed by atoms with Crippen LogP contribution in [-0.2, 0) is 32.6 Å². The molecule has 0 unspecified atom stereocenters. The summed E-state index contributed by atoms with van der Waals surface area (Å²) in [7, 11) is -3.83. The molecule has 3 aromatic carbocycles. The van der Waals surface area contributed by atoms with Crippen LogP contribution in [0.1, 0.15) is 37.0 Å². The van der Waals surface area contributed by atoms with Gasteiger partial charge in [0.05, 0.1) is 11.9 Å². The summed E-state index contributed by atoms with van der Waals surface area (Å²) in [6.45, 7) is 5.23. The fourth-order valence-electron chi connectivity index (χ4n) is 4.15. The van der Waals surface area contributed by atoms with E-state index < -0.39 is 28.5 Å². The Hall–Kier alpha value is -3.07. The molecule has 0 aliphatic carbocycles. The first-order valence-corrected chi connectivity index (χ1v) is 15.6. The topological polar surface area (TPSA) is 86.8 Å². The van der Waals surface area contributed by atoms with Crippen molar-refractivity contribution in [3.63, 3.8) is 0 Å². The molecule has 0 saturated heterocycles. The van der Waals surface area contributed by atoms with Crippen molar-refractivity contribution in [2.45, 2.75) is 52.2 Å². The molecule has 0 heterocycles. The van der Waals surface area contributed by atoms with Gasteiger partial charge in [0.2, 0.25) is 21.8 Å². The van der Waals surface area contributed by atoms with E-state index in [1.165, 1.54) is 4.90 Å². The van der Waals surface area contributed by atoms with Crippen molar-refractivity contribution in [2.24, 2.45) is 0 Å². The third-order valence-electron chi connectivity index (χ3n) is 6.63. The van der Waals surface area contributed by atoms with E-state index in [0.29, 0.717) is 27.7 Å². The summed E-state index contributed by atoms with van der Waals surface area (Å²) in [5, 5.41) is 3.77. The molecule has 0 fully saturated rings. The lowest BCUT2D eigenvalue weighted by Crippen LogP contribution is -2.54. The second-order valence-electron chi connectivity index (χ2n) is 9.89. The molecule has 0 aliphatic heterocycles. The Labute approximate surface area is 247 Å². The standard InChI is InChI=1S/C30H35Cl2N3O4S/c1-5-22(3)33-30(37)28(17-23-9-7-6-8-10-23)34(19-24-13-14-25(31)18-27(24)32)29(36)20-35(40(4,38)39)26-15-11-21(2)12-16-26/h6-16,18,22,28H,5,17,19-20H2,1-4H3,(H,33,37)/t22-,28-/m1/s1. The number of nitrogens with one attached hydrogen (secondary N) is 1. The summed E-state index contributed by atoms with van der Waals surface area (Å²) in [5.41, 5.74) is 2.74. The maximum Gasteiger partial charge on any atom is 0.244 e. The molecule has 2 amide bonds. The molecule has 0 radical (unpaired) electrons. The highest BCUT2D eigenvalue weighted by Crippen LogP contribution is 2.25. The van der Waals surface area contributed by atoms with Gasteiger partial charge in [0.1, 0.15) is 12.6 Å². The van der Waals surface area contributed by atoms with Gasteiger partial charge >= 0.3 is 0 Å². The lowest BCUT2D eigenvalue weighted by molar-refractivity contribution is -0.140. The van der Waals surface area contributed by atoms with Crippen LogP contribution in [0.2, 0.25) is 10.0 Å². The molecule has 7 nitrogen and oxygen atoms in total. The minimum atomic E-state index is -3.83. The highest BCUT2D eigenvalue weighted by atomic mass is 35.5. The molecule has 3 rings (SSSR count). The molecule has 10 heteroatoms. The summed E-state index contributed by atoms with van der Waals surface area (Å²) < 4.78 is 26.7. The molecule has 0 spiro atoms. The first kappa shape index (κ1) is 31.5. The number of aryl methyl sites for hydroxylation is 1. The predicted molar refractivity (Wildman–Crippen MR) is 162 cm³/mol. The Bertz CT molecular complexity index is 1420. The number of hydrogen-bond acceptors (Lipinski definition) is 4. The van der Waals surface area contributed by atoms with Gasteiger partial charge < -0.3 is 10.2 Å². The van der Waals surface area contributed by atoms with Crippen LogP contribution in [0.25, 0.3) is 0 Å². The Kier molecular flexibility index (Phi) is 11.0. The number of nitrogens with zero attached hydrogens (tertiary/aromatic N) is 2. The van der Waals surface area contributed by atoms with Crippen LogP contribution in [0.5, 0.6) is 0 Å². The number of benzene rings is 3. The molecule has 1 N–H and O–H groups in total. The van der Waals surface area contributed by atoms with Crippen molar-refractivity contribution in [1.29, 1.82) is 0 Å². The monoisotopic (exact) mass is 603 g/mol. The Morgan fingerprint density at radius 1 is 0.975 bits per heavy atom. The van der Waals surface area contributed by atoms with Crippen LogP contribution < -0.4 is 9.62 Å². The SMILES string of the molecule is CC[C@@H](C)NC(=O)[C@@H](Cc1ccccc1)N(Cc1ccc(Cl)cc1Cl)C(=O)CN(c1ccc(C)cc1)S(C)(=O)=O. The summed E-state index contributed by atoms with van der Waals surface area (Å²) >= 11 is 12.6. The van der Waals surface area contributed by atoms with E-state index in [0.717, 1.165) is 21.7 Å². The van der Waals surface area contributed by atoms with Crippen molar-refractivity contribution in [3.05, 3.63) is 99.5 Å². The number of anilines is 1. The normalized spacial score (nSPS) is 12.8. The van der Waals surface area contributed by atoms with E-state index in [9.17, 15) is 18.0 Å². The van der Waals surface area contributed by atoms with Crippen molar-refractivity contribution < 1.29 is 18.0 Å². The minimum absolute atomic E-state index is 0.0221. The largest absolute Gasteiger partial charge is 0.352 e. The van der Waals surface area contributed by atoms with Gasteiger partial charge in [-0.1, -0.05) is 84.2 Å². The average molecular weight is 605 g/mol. The van der Waals surface area contributed by atoms with Crippen LogP contribution >= 0.6 is 23.2 Å². The fourth-order valence-corrected chi connectivity index (χ4v) is 5.47. The van der Waals surface area contributed by atoms with Gasteiger partial charge in [0, 0.05) is 29.1 Å². The molecule has 0 bridgehead atoms. The summed E-state index contributed by atoms with van der Waals surface area (Å²) in [5.74, 6) is -0.880. The number of amides is 2. The van der Waals surface area contributed by atoms with Gasteiger partial charge in [0.15, 0.2) is 0 Å². The zero-order chi connectivity index (χ0) is 29.4.